The number of benzene rings is 1. The second-order valence-electron chi connectivity index (χ2n) is 2.91. The Morgan fingerprint density at radius 2 is 2.00 bits per heavy atom. The van der Waals surface area contributed by atoms with Gasteiger partial charge in [-0.3, -0.25) is 0 Å². The fraction of sp³-hybridized carbons (Fsp3) is 0.333. The molecule has 0 saturated heterocycles. The largest absolute Gasteiger partial charge is 0.394 e. The second-order valence-corrected chi connectivity index (χ2v) is 2.91. The summed E-state index contributed by atoms with van der Waals surface area (Å²) in [6, 6.07) is 8.21. The Labute approximate surface area is 85.8 Å². The van der Waals surface area contributed by atoms with E-state index < -0.39 is 23.9 Å². The second kappa shape index (κ2) is 5.28. The van der Waals surface area contributed by atoms with Gasteiger partial charge in [-0.1, -0.05) is 30.3 Å². The molecule has 0 radical (unpaired) electrons. The highest BCUT2D eigenvalue weighted by Crippen LogP contribution is 2.20. The molecule has 6 heteroatoms. The third-order valence-electron chi connectivity index (χ3n) is 1.86. The average molecular weight is 213 g/mol. The van der Waals surface area contributed by atoms with Gasteiger partial charge >= 0.3 is 0 Å². The molecule has 1 rings (SSSR count). The summed E-state index contributed by atoms with van der Waals surface area (Å²) >= 11 is 0. The molecule has 0 amide bonds. The quantitative estimate of drug-likeness (QED) is 0.541. The molecule has 0 fully saturated rings. The molecule has 0 bridgehead atoms. The minimum atomic E-state index is -1.32. The predicted octanol–water partition coefficient (Wildman–Crippen LogP) is 0.289. The zero-order chi connectivity index (χ0) is 11.3. The summed E-state index contributed by atoms with van der Waals surface area (Å²) in [5.74, 6) is 0. The lowest BCUT2D eigenvalue weighted by Gasteiger charge is -2.19. The Kier molecular flexibility index (Phi) is 4.02. The van der Waals surface area contributed by atoms with Crippen molar-refractivity contribution in [2.75, 3.05) is 6.61 Å². The summed E-state index contributed by atoms with van der Waals surface area (Å²) in [7, 11) is 0. The molecule has 6 nitrogen and oxygen atoms in total. The molecule has 82 valence electrons. The highest BCUT2D eigenvalue weighted by atomic mass is 17.0. The molecule has 0 spiro atoms. The molecule has 2 atom stereocenters. The van der Waals surface area contributed by atoms with Crippen LogP contribution in [0.3, 0.4) is 0 Å². The number of hydrogen-bond acceptors (Lipinski definition) is 5. The lowest BCUT2D eigenvalue weighted by Crippen LogP contribution is -2.26. The van der Waals surface area contributed by atoms with Gasteiger partial charge in [-0.15, -0.1) is 10.1 Å². The Balaban J connectivity index is 2.86. The van der Waals surface area contributed by atoms with Crippen LogP contribution in [0.2, 0.25) is 0 Å². The van der Waals surface area contributed by atoms with Gasteiger partial charge in [0.15, 0.2) is 6.10 Å². The van der Waals surface area contributed by atoms with E-state index in [1.54, 1.807) is 30.3 Å². The number of aliphatic hydroxyl groups excluding tert-OH is 2. The van der Waals surface area contributed by atoms with Crippen molar-refractivity contribution in [2.24, 2.45) is 0 Å². The first-order valence-electron chi connectivity index (χ1n) is 4.30. The van der Waals surface area contributed by atoms with Gasteiger partial charge in [0, 0.05) is 0 Å². The summed E-state index contributed by atoms with van der Waals surface area (Å²) in [5, 5.41) is 27.3. The van der Waals surface area contributed by atoms with Gasteiger partial charge < -0.3 is 15.1 Å². The van der Waals surface area contributed by atoms with E-state index in [1.807, 2.05) is 0 Å². The molecule has 0 aliphatic carbocycles. The van der Waals surface area contributed by atoms with Crippen molar-refractivity contribution in [3.05, 3.63) is 46.0 Å². The monoisotopic (exact) mass is 213 g/mol. The highest BCUT2D eigenvalue weighted by Gasteiger charge is 2.24. The molecule has 0 saturated carbocycles. The van der Waals surface area contributed by atoms with Crippen LogP contribution in [0.15, 0.2) is 30.3 Å². The molecule has 0 aliphatic rings. The maximum Gasteiger partial charge on any atom is 0.295 e. The van der Waals surface area contributed by atoms with Crippen molar-refractivity contribution in [3.63, 3.8) is 0 Å². The maximum atomic E-state index is 10.2. The van der Waals surface area contributed by atoms with Crippen molar-refractivity contribution in [2.45, 2.75) is 12.2 Å². The molecule has 15 heavy (non-hydrogen) atoms. The topological polar surface area (TPSA) is 92.8 Å². The summed E-state index contributed by atoms with van der Waals surface area (Å²) in [5.41, 5.74) is 0.441. The molecule has 0 heterocycles. The number of hydrogen-bond donors (Lipinski definition) is 2. The average Bonchev–Trinajstić information content (AvgIpc) is 2.26. The van der Waals surface area contributed by atoms with Crippen molar-refractivity contribution in [1.82, 2.24) is 0 Å². The maximum absolute atomic E-state index is 10.2. The van der Waals surface area contributed by atoms with Gasteiger partial charge in [0.1, 0.15) is 6.10 Å². The lowest BCUT2D eigenvalue weighted by molar-refractivity contribution is -0.773. The smallest absolute Gasteiger partial charge is 0.295 e. The molecule has 2 N–H and O–H groups in total. The number of aliphatic hydroxyl groups is 2. The van der Waals surface area contributed by atoms with E-state index >= 15 is 0 Å². The van der Waals surface area contributed by atoms with Crippen LogP contribution in [-0.2, 0) is 4.84 Å². The van der Waals surface area contributed by atoms with E-state index in [1.165, 1.54) is 0 Å². The van der Waals surface area contributed by atoms with Crippen molar-refractivity contribution in [1.29, 1.82) is 0 Å². The van der Waals surface area contributed by atoms with Crippen LogP contribution in [-0.4, -0.2) is 28.0 Å². The third-order valence-corrected chi connectivity index (χ3v) is 1.86. The first-order valence-corrected chi connectivity index (χ1v) is 4.30. The van der Waals surface area contributed by atoms with Crippen molar-refractivity contribution in [3.8, 4) is 0 Å². The SMILES string of the molecule is O=[N+]([O-])O[C@@H](c1ccccc1)[C@H](O)CO. The minimum absolute atomic E-state index is 0.441. The zero-order valence-electron chi connectivity index (χ0n) is 7.81. The predicted molar refractivity (Wildman–Crippen MR) is 50.4 cm³/mol. The Hall–Kier alpha value is -1.66. The standard InChI is InChI=1S/C9H11NO5/c11-6-8(12)9(15-10(13)14)7-4-2-1-3-5-7/h1-5,8-9,11-12H,6H2/t8-,9+/m1/s1. The Bertz CT molecular complexity index is 316. The molecule has 0 aromatic heterocycles. The first kappa shape index (κ1) is 11.4. The highest BCUT2D eigenvalue weighted by molar-refractivity contribution is 5.18. The summed E-state index contributed by atoms with van der Waals surface area (Å²) in [6.45, 7) is -0.604. The third kappa shape index (κ3) is 3.19. The molecular weight excluding hydrogens is 202 g/mol. The van der Waals surface area contributed by atoms with Crippen LogP contribution in [0.25, 0.3) is 0 Å². The fourth-order valence-corrected chi connectivity index (χ4v) is 1.18. The van der Waals surface area contributed by atoms with Crippen LogP contribution in [0.5, 0.6) is 0 Å². The molecule has 0 aliphatic heterocycles. The Morgan fingerprint density at radius 3 is 2.47 bits per heavy atom. The van der Waals surface area contributed by atoms with Crippen molar-refractivity contribution >= 4 is 0 Å². The summed E-state index contributed by atoms with van der Waals surface area (Å²) in [6.07, 6.45) is -2.48. The van der Waals surface area contributed by atoms with Gasteiger partial charge in [-0.05, 0) is 5.56 Å². The van der Waals surface area contributed by atoms with E-state index in [4.69, 9.17) is 5.11 Å². The summed E-state index contributed by atoms with van der Waals surface area (Å²) in [4.78, 5) is 14.5. The van der Waals surface area contributed by atoms with E-state index in [9.17, 15) is 15.2 Å². The molecule has 0 unspecified atom stereocenters. The summed E-state index contributed by atoms with van der Waals surface area (Å²) < 4.78 is 0. The van der Waals surface area contributed by atoms with Crippen LogP contribution in [0.1, 0.15) is 11.7 Å². The van der Waals surface area contributed by atoms with Crippen LogP contribution >= 0.6 is 0 Å². The fourth-order valence-electron chi connectivity index (χ4n) is 1.18. The van der Waals surface area contributed by atoms with E-state index in [-0.39, 0.29) is 0 Å². The molecule has 1 aromatic carbocycles. The number of nitrogens with zero attached hydrogens (tertiary/aromatic N) is 1. The van der Waals surface area contributed by atoms with Gasteiger partial charge in [0.25, 0.3) is 5.09 Å². The van der Waals surface area contributed by atoms with Gasteiger partial charge in [0.2, 0.25) is 0 Å². The molecular formula is C9H11NO5. The lowest BCUT2D eigenvalue weighted by atomic mass is 10.1. The van der Waals surface area contributed by atoms with Crippen LogP contribution < -0.4 is 0 Å². The van der Waals surface area contributed by atoms with Crippen LogP contribution in [0.4, 0.5) is 0 Å². The first-order chi connectivity index (χ1) is 7.15. The van der Waals surface area contributed by atoms with E-state index in [0.717, 1.165) is 0 Å². The van der Waals surface area contributed by atoms with Gasteiger partial charge in [-0.25, -0.2) is 0 Å². The Morgan fingerprint density at radius 1 is 1.40 bits per heavy atom. The minimum Gasteiger partial charge on any atom is -0.394 e. The number of rotatable bonds is 5. The van der Waals surface area contributed by atoms with Gasteiger partial charge in [-0.2, -0.15) is 0 Å². The van der Waals surface area contributed by atoms with E-state index in [2.05, 4.69) is 4.84 Å². The molecule has 1 aromatic rings. The van der Waals surface area contributed by atoms with E-state index in [0.29, 0.717) is 5.56 Å². The van der Waals surface area contributed by atoms with Gasteiger partial charge in [0.05, 0.1) is 6.61 Å². The van der Waals surface area contributed by atoms with Crippen LogP contribution in [0, 0.1) is 10.1 Å². The zero-order valence-corrected chi connectivity index (χ0v) is 7.81. The normalized spacial score (nSPS) is 14.3. The van der Waals surface area contributed by atoms with Crippen molar-refractivity contribution < 1.29 is 20.1 Å².